The van der Waals surface area contributed by atoms with Crippen LogP contribution in [0.2, 0.25) is 0 Å². The van der Waals surface area contributed by atoms with Gasteiger partial charge in [-0.25, -0.2) is 0 Å². The lowest BCUT2D eigenvalue weighted by Crippen LogP contribution is -2.15. The van der Waals surface area contributed by atoms with E-state index >= 15 is 0 Å². The monoisotopic (exact) mass is 237 g/mol. The van der Waals surface area contributed by atoms with Crippen molar-refractivity contribution in [3.63, 3.8) is 0 Å². The van der Waals surface area contributed by atoms with Crippen molar-refractivity contribution in [3.8, 4) is 11.5 Å². The van der Waals surface area contributed by atoms with E-state index in [0.29, 0.717) is 22.6 Å². The predicted octanol–water partition coefficient (Wildman–Crippen LogP) is 0.0242. The standard InChI is InChI=1S/C11H15N3O3/c1-16-9-4-3-7(5-10(12)15)11(17-2)8(9)6-14-13/h3-4,6H,5,13H2,1-2H3,(H2,12,15). The molecule has 17 heavy (non-hydrogen) atoms. The van der Waals surface area contributed by atoms with Gasteiger partial charge in [-0.2, -0.15) is 5.10 Å². The van der Waals surface area contributed by atoms with E-state index in [1.165, 1.54) is 20.4 Å². The highest BCUT2D eigenvalue weighted by atomic mass is 16.5. The topological polar surface area (TPSA) is 99.9 Å². The minimum absolute atomic E-state index is 0.0819. The maximum Gasteiger partial charge on any atom is 0.221 e. The van der Waals surface area contributed by atoms with Crippen LogP contribution in [-0.4, -0.2) is 26.3 Å². The van der Waals surface area contributed by atoms with Gasteiger partial charge in [0.25, 0.3) is 0 Å². The van der Waals surface area contributed by atoms with Crippen LogP contribution in [0.4, 0.5) is 0 Å². The van der Waals surface area contributed by atoms with E-state index in [-0.39, 0.29) is 6.42 Å². The molecular formula is C11H15N3O3. The lowest BCUT2D eigenvalue weighted by molar-refractivity contribution is -0.117. The molecule has 0 radical (unpaired) electrons. The number of rotatable bonds is 5. The molecule has 6 nitrogen and oxygen atoms in total. The normalized spacial score (nSPS) is 10.5. The van der Waals surface area contributed by atoms with Crippen molar-refractivity contribution in [1.82, 2.24) is 0 Å². The molecule has 0 fully saturated rings. The number of hydrogen-bond donors (Lipinski definition) is 2. The van der Waals surface area contributed by atoms with Crippen LogP contribution in [-0.2, 0) is 11.2 Å². The highest BCUT2D eigenvalue weighted by Gasteiger charge is 2.14. The van der Waals surface area contributed by atoms with Gasteiger partial charge in [0.1, 0.15) is 11.5 Å². The lowest BCUT2D eigenvalue weighted by atomic mass is 10.1. The molecule has 0 unspecified atom stereocenters. The number of methoxy groups -OCH3 is 2. The molecule has 1 aromatic carbocycles. The predicted molar refractivity (Wildman–Crippen MR) is 64.2 cm³/mol. The first kappa shape index (κ1) is 12.8. The zero-order valence-electron chi connectivity index (χ0n) is 9.77. The van der Waals surface area contributed by atoms with Gasteiger partial charge < -0.3 is 21.1 Å². The van der Waals surface area contributed by atoms with E-state index in [0.717, 1.165) is 0 Å². The second-order valence-electron chi connectivity index (χ2n) is 3.30. The Bertz CT molecular complexity index is 444. The molecule has 6 heteroatoms. The van der Waals surface area contributed by atoms with E-state index in [2.05, 4.69) is 5.10 Å². The van der Waals surface area contributed by atoms with Crippen molar-refractivity contribution in [2.75, 3.05) is 14.2 Å². The van der Waals surface area contributed by atoms with E-state index < -0.39 is 5.91 Å². The summed E-state index contributed by atoms with van der Waals surface area (Å²) in [5, 5.41) is 3.44. The third-order valence-electron chi connectivity index (χ3n) is 2.23. The van der Waals surface area contributed by atoms with Gasteiger partial charge in [-0.3, -0.25) is 4.79 Å². The summed E-state index contributed by atoms with van der Waals surface area (Å²) in [6, 6.07) is 3.42. The minimum atomic E-state index is -0.441. The number of amides is 1. The minimum Gasteiger partial charge on any atom is -0.496 e. The zero-order valence-corrected chi connectivity index (χ0v) is 9.77. The summed E-state index contributed by atoms with van der Waals surface area (Å²) >= 11 is 0. The highest BCUT2D eigenvalue weighted by molar-refractivity contribution is 5.89. The largest absolute Gasteiger partial charge is 0.496 e. The molecule has 0 spiro atoms. The molecular weight excluding hydrogens is 222 g/mol. The molecule has 4 N–H and O–H groups in total. The van der Waals surface area contributed by atoms with Gasteiger partial charge in [0.05, 0.1) is 32.4 Å². The first-order valence-corrected chi connectivity index (χ1v) is 4.89. The molecule has 0 heterocycles. The Labute approximate surface area is 99.2 Å². The Kier molecular flexibility index (Phi) is 4.33. The van der Waals surface area contributed by atoms with E-state index in [1.54, 1.807) is 12.1 Å². The summed E-state index contributed by atoms with van der Waals surface area (Å²) in [7, 11) is 3.02. The van der Waals surface area contributed by atoms with E-state index in [1.807, 2.05) is 0 Å². The lowest BCUT2D eigenvalue weighted by Gasteiger charge is -2.13. The Morgan fingerprint density at radius 2 is 2.12 bits per heavy atom. The highest BCUT2D eigenvalue weighted by Crippen LogP contribution is 2.31. The van der Waals surface area contributed by atoms with Crippen LogP contribution in [0.3, 0.4) is 0 Å². The summed E-state index contributed by atoms with van der Waals surface area (Å²) < 4.78 is 10.4. The molecule has 0 saturated heterocycles. The van der Waals surface area contributed by atoms with Crippen LogP contribution < -0.4 is 21.1 Å². The Balaban J connectivity index is 3.34. The zero-order chi connectivity index (χ0) is 12.8. The van der Waals surface area contributed by atoms with Crippen LogP contribution in [0, 0.1) is 0 Å². The maximum absolute atomic E-state index is 10.9. The molecule has 0 aliphatic rings. The van der Waals surface area contributed by atoms with Crippen molar-refractivity contribution in [2.24, 2.45) is 16.7 Å². The van der Waals surface area contributed by atoms with Gasteiger partial charge in [0.2, 0.25) is 5.91 Å². The van der Waals surface area contributed by atoms with Crippen molar-refractivity contribution >= 4 is 12.1 Å². The van der Waals surface area contributed by atoms with Gasteiger partial charge in [0.15, 0.2) is 0 Å². The average molecular weight is 237 g/mol. The molecule has 0 aliphatic carbocycles. The fraction of sp³-hybridized carbons (Fsp3) is 0.273. The summed E-state index contributed by atoms with van der Waals surface area (Å²) in [5.74, 6) is 5.73. The molecule has 0 bridgehead atoms. The van der Waals surface area contributed by atoms with Gasteiger partial charge in [-0.05, 0) is 6.07 Å². The molecule has 0 atom stereocenters. The van der Waals surface area contributed by atoms with Crippen molar-refractivity contribution in [1.29, 1.82) is 0 Å². The smallest absolute Gasteiger partial charge is 0.221 e. The molecule has 1 amide bonds. The average Bonchev–Trinajstić information content (AvgIpc) is 2.29. The van der Waals surface area contributed by atoms with Crippen molar-refractivity contribution in [2.45, 2.75) is 6.42 Å². The Hall–Kier alpha value is -2.24. The van der Waals surface area contributed by atoms with Crippen LogP contribution >= 0.6 is 0 Å². The van der Waals surface area contributed by atoms with Crippen LogP contribution in [0.5, 0.6) is 11.5 Å². The van der Waals surface area contributed by atoms with E-state index in [4.69, 9.17) is 21.1 Å². The summed E-state index contributed by atoms with van der Waals surface area (Å²) in [6.45, 7) is 0. The van der Waals surface area contributed by atoms with Crippen molar-refractivity contribution in [3.05, 3.63) is 23.3 Å². The number of hydrazone groups is 1. The van der Waals surface area contributed by atoms with Crippen LogP contribution in [0.1, 0.15) is 11.1 Å². The first-order valence-electron chi connectivity index (χ1n) is 4.89. The summed E-state index contributed by atoms with van der Waals surface area (Å²) in [5.41, 5.74) is 6.40. The molecule has 92 valence electrons. The van der Waals surface area contributed by atoms with Gasteiger partial charge in [-0.1, -0.05) is 6.07 Å². The fourth-order valence-corrected chi connectivity index (χ4v) is 1.57. The number of nitrogens with zero attached hydrogens (tertiary/aromatic N) is 1. The number of primary amides is 1. The second kappa shape index (κ2) is 5.74. The number of carbonyl (C=O) groups is 1. The first-order chi connectivity index (χ1) is 8.13. The number of ether oxygens (including phenoxy) is 2. The van der Waals surface area contributed by atoms with Gasteiger partial charge in [-0.15, -0.1) is 0 Å². The number of hydrogen-bond acceptors (Lipinski definition) is 5. The number of nitrogens with two attached hydrogens (primary N) is 2. The fourth-order valence-electron chi connectivity index (χ4n) is 1.57. The SMILES string of the molecule is COc1ccc(CC(N)=O)c(OC)c1C=NN. The third-order valence-corrected chi connectivity index (χ3v) is 2.23. The molecule has 0 aromatic heterocycles. The Morgan fingerprint density at radius 1 is 1.41 bits per heavy atom. The quantitative estimate of drug-likeness (QED) is 0.428. The van der Waals surface area contributed by atoms with Gasteiger partial charge >= 0.3 is 0 Å². The maximum atomic E-state index is 10.9. The van der Waals surface area contributed by atoms with Crippen molar-refractivity contribution < 1.29 is 14.3 Å². The Morgan fingerprint density at radius 3 is 2.59 bits per heavy atom. The van der Waals surface area contributed by atoms with Gasteiger partial charge in [0, 0.05) is 5.56 Å². The van der Waals surface area contributed by atoms with E-state index in [9.17, 15) is 4.79 Å². The summed E-state index contributed by atoms with van der Waals surface area (Å²) in [4.78, 5) is 10.9. The number of carbonyl (C=O) groups excluding carboxylic acids is 1. The van der Waals surface area contributed by atoms with Crippen LogP contribution in [0.25, 0.3) is 0 Å². The summed E-state index contributed by atoms with van der Waals surface area (Å²) in [6.07, 6.45) is 1.49. The van der Waals surface area contributed by atoms with Crippen LogP contribution in [0.15, 0.2) is 17.2 Å². The second-order valence-corrected chi connectivity index (χ2v) is 3.30. The molecule has 0 saturated carbocycles. The third kappa shape index (κ3) is 2.87. The number of benzene rings is 1. The molecule has 1 rings (SSSR count). The molecule has 1 aromatic rings. The molecule has 0 aliphatic heterocycles.